The molecule has 2 aromatic carbocycles. The largest absolute Gasteiger partial charge is 0.421 e. The highest BCUT2D eigenvalue weighted by Gasteiger charge is 2.18. The van der Waals surface area contributed by atoms with Gasteiger partial charge in [0.05, 0.1) is 17.2 Å². The van der Waals surface area contributed by atoms with Crippen LogP contribution >= 0.6 is 0 Å². The second-order valence-corrected chi connectivity index (χ2v) is 5.55. The molecule has 0 fully saturated rings. The Morgan fingerprint density at radius 1 is 1.11 bits per heavy atom. The number of esters is 1. The average Bonchev–Trinajstić information content (AvgIpc) is 2.69. The summed E-state index contributed by atoms with van der Waals surface area (Å²) in [6, 6.07) is 14.1. The van der Waals surface area contributed by atoms with E-state index in [0.29, 0.717) is 5.56 Å². The summed E-state index contributed by atoms with van der Waals surface area (Å²) in [5.74, 6) is -0.867. The standard InChI is InChI=1S/C19H14N3O5/c23-18(14-5-2-1-3-6-14)13-21-10-9-20-17(12-21)19(24)27-16-8-4-7-15(11-16)22(25)26/h1-12H,13H2/q+1. The van der Waals surface area contributed by atoms with Crippen molar-refractivity contribution in [2.24, 2.45) is 0 Å². The highest BCUT2D eigenvalue weighted by Crippen LogP contribution is 2.19. The van der Waals surface area contributed by atoms with E-state index in [4.69, 9.17) is 4.74 Å². The van der Waals surface area contributed by atoms with Crippen molar-refractivity contribution in [2.75, 3.05) is 0 Å². The Balaban J connectivity index is 1.73. The summed E-state index contributed by atoms with van der Waals surface area (Å²) in [6.07, 6.45) is 4.33. The number of benzene rings is 2. The van der Waals surface area contributed by atoms with Gasteiger partial charge in [-0.1, -0.05) is 36.4 Å². The molecule has 8 nitrogen and oxygen atoms in total. The smallest absolute Gasteiger partial charge is 0.368 e. The number of carbonyl (C=O) groups is 2. The maximum atomic E-state index is 12.3. The lowest BCUT2D eigenvalue weighted by molar-refractivity contribution is -0.683. The van der Waals surface area contributed by atoms with E-state index >= 15 is 0 Å². The van der Waals surface area contributed by atoms with E-state index in [0.717, 1.165) is 6.07 Å². The van der Waals surface area contributed by atoms with Gasteiger partial charge in [-0.25, -0.2) is 9.78 Å². The van der Waals surface area contributed by atoms with Crippen LogP contribution in [0, 0.1) is 10.1 Å². The maximum Gasteiger partial charge on any atom is 0.368 e. The predicted molar refractivity (Wildman–Crippen MR) is 93.3 cm³/mol. The molecule has 0 unspecified atom stereocenters. The van der Waals surface area contributed by atoms with Crippen LogP contribution in [0.2, 0.25) is 0 Å². The van der Waals surface area contributed by atoms with E-state index in [2.05, 4.69) is 4.98 Å². The zero-order chi connectivity index (χ0) is 19.2. The Morgan fingerprint density at radius 2 is 1.89 bits per heavy atom. The second kappa shape index (κ2) is 7.96. The molecule has 0 aliphatic heterocycles. The molecule has 0 aliphatic rings. The molecule has 1 aromatic heterocycles. The number of carbonyl (C=O) groups excluding carboxylic acids is 2. The Morgan fingerprint density at radius 3 is 2.63 bits per heavy atom. The number of hydrogen-bond donors (Lipinski definition) is 0. The van der Waals surface area contributed by atoms with Gasteiger partial charge in [-0.2, -0.15) is 4.57 Å². The van der Waals surface area contributed by atoms with Crippen LogP contribution in [-0.4, -0.2) is 21.7 Å². The van der Waals surface area contributed by atoms with Gasteiger partial charge in [0.2, 0.25) is 24.2 Å². The Kier molecular flexibility index (Phi) is 5.27. The van der Waals surface area contributed by atoms with Crippen LogP contribution in [0.5, 0.6) is 5.75 Å². The molecule has 1 heterocycles. The Bertz CT molecular complexity index is 1000. The van der Waals surface area contributed by atoms with E-state index < -0.39 is 10.9 Å². The van der Waals surface area contributed by atoms with Crippen LogP contribution in [-0.2, 0) is 6.54 Å². The van der Waals surface area contributed by atoms with Crippen molar-refractivity contribution in [1.29, 1.82) is 0 Å². The minimum Gasteiger partial charge on any atom is -0.421 e. The van der Waals surface area contributed by atoms with Gasteiger partial charge in [0.15, 0.2) is 6.20 Å². The van der Waals surface area contributed by atoms with E-state index in [1.165, 1.54) is 35.2 Å². The van der Waals surface area contributed by atoms with Crippen molar-refractivity contribution in [3.8, 4) is 5.75 Å². The van der Waals surface area contributed by atoms with Crippen LogP contribution in [0.4, 0.5) is 5.69 Å². The third-order valence-corrected chi connectivity index (χ3v) is 3.63. The molecule has 0 saturated carbocycles. The van der Waals surface area contributed by atoms with Crippen LogP contribution in [0.3, 0.4) is 0 Å². The van der Waals surface area contributed by atoms with E-state index in [9.17, 15) is 19.7 Å². The topological polar surface area (TPSA) is 103 Å². The number of ketones is 1. The molecule has 0 atom stereocenters. The minimum atomic E-state index is -0.781. The maximum absolute atomic E-state index is 12.3. The van der Waals surface area contributed by atoms with E-state index in [-0.39, 0.29) is 29.5 Å². The monoisotopic (exact) mass is 364 g/mol. The van der Waals surface area contributed by atoms with Gasteiger partial charge >= 0.3 is 5.97 Å². The molecule has 0 radical (unpaired) electrons. The zero-order valence-corrected chi connectivity index (χ0v) is 14.0. The van der Waals surface area contributed by atoms with Crippen LogP contribution in [0.25, 0.3) is 0 Å². The first kappa shape index (κ1) is 17.9. The highest BCUT2D eigenvalue weighted by atomic mass is 16.6. The number of Topliss-reactive ketones (excluding diaryl/α,β-unsaturated/α-hetero) is 1. The van der Waals surface area contributed by atoms with Crippen molar-refractivity contribution in [1.82, 2.24) is 4.98 Å². The number of nitro benzene ring substituents is 1. The third-order valence-electron chi connectivity index (χ3n) is 3.63. The molecule has 0 bridgehead atoms. The van der Waals surface area contributed by atoms with E-state index in [1.807, 2.05) is 6.07 Å². The summed E-state index contributed by atoms with van der Waals surface area (Å²) < 4.78 is 6.65. The molecule has 27 heavy (non-hydrogen) atoms. The molecular weight excluding hydrogens is 350 g/mol. The summed E-state index contributed by atoms with van der Waals surface area (Å²) in [5, 5.41) is 10.8. The number of nitrogens with zero attached hydrogens (tertiary/aromatic N) is 3. The molecule has 0 N–H and O–H groups in total. The van der Waals surface area contributed by atoms with Crippen molar-refractivity contribution < 1.29 is 23.8 Å². The molecule has 0 spiro atoms. The van der Waals surface area contributed by atoms with E-state index in [1.54, 1.807) is 30.5 Å². The zero-order valence-electron chi connectivity index (χ0n) is 14.0. The average molecular weight is 364 g/mol. The lowest BCUT2D eigenvalue weighted by atomic mass is 10.1. The number of hydrogen-bond acceptors (Lipinski definition) is 6. The normalized spacial score (nSPS) is 10.2. The van der Waals surface area contributed by atoms with Crippen molar-refractivity contribution in [3.63, 3.8) is 0 Å². The second-order valence-electron chi connectivity index (χ2n) is 5.55. The first-order chi connectivity index (χ1) is 13.0. The third kappa shape index (κ3) is 4.57. The fourth-order valence-corrected chi connectivity index (χ4v) is 2.34. The van der Waals surface area contributed by atoms with Gasteiger partial charge in [-0.05, 0) is 6.07 Å². The SMILES string of the molecule is O=C(C[n+]1ccnc(C(=O)Oc2cccc([N+](=O)[O-])c2)c1)c1ccccc1. The van der Waals surface area contributed by atoms with Gasteiger partial charge in [0.25, 0.3) is 5.69 Å². The lowest BCUT2D eigenvalue weighted by Crippen LogP contribution is -2.38. The Hall–Kier alpha value is -3.94. The predicted octanol–water partition coefficient (Wildman–Crippen LogP) is 2.38. The van der Waals surface area contributed by atoms with Crippen LogP contribution in [0.15, 0.2) is 73.2 Å². The molecule has 0 aliphatic carbocycles. The summed E-state index contributed by atoms with van der Waals surface area (Å²) in [4.78, 5) is 38.7. The van der Waals surface area contributed by atoms with Gasteiger partial charge in [0.1, 0.15) is 5.75 Å². The highest BCUT2D eigenvalue weighted by molar-refractivity contribution is 5.95. The van der Waals surface area contributed by atoms with Crippen molar-refractivity contribution >= 4 is 17.4 Å². The van der Waals surface area contributed by atoms with Crippen molar-refractivity contribution in [3.05, 3.63) is 94.6 Å². The first-order valence-electron chi connectivity index (χ1n) is 7.93. The molecule has 0 amide bonds. The van der Waals surface area contributed by atoms with Crippen LogP contribution < -0.4 is 9.30 Å². The van der Waals surface area contributed by atoms with Gasteiger partial charge in [0, 0.05) is 11.6 Å². The molecule has 3 rings (SSSR count). The van der Waals surface area contributed by atoms with Crippen molar-refractivity contribution in [2.45, 2.75) is 6.54 Å². The first-order valence-corrected chi connectivity index (χ1v) is 7.93. The number of non-ortho nitro benzene ring substituents is 1. The number of nitro groups is 1. The van der Waals surface area contributed by atoms with Crippen LogP contribution in [0.1, 0.15) is 20.8 Å². The quantitative estimate of drug-likeness (QED) is 0.166. The summed E-state index contributed by atoms with van der Waals surface area (Å²) in [7, 11) is 0. The molecule has 8 heteroatoms. The summed E-state index contributed by atoms with van der Waals surface area (Å²) >= 11 is 0. The Labute approximate surface area is 153 Å². The molecular formula is C19H14N3O5+. The lowest BCUT2D eigenvalue weighted by Gasteiger charge is -2.03. The summed E-state index contributed by atoms with van der Waals surface area (Å²) in [5.41, 5.74) is 0.345. The number of rotatable bonds is 6. The van der Waals surface area contributed by atoms with Gasteiger partial charge < -0.3 is 4.74 Å². The summed E-state index contributed by atoms with van der Waals surface area (Å²) in [6.45, 7) is 0.0314. The number of aromatic nitrogens is 2. The molecule has 134 valence electrons. The minimum absolute atomic E-state index is 0.0233. The molecule has 3 aromatic rings. The fraction of sp³-hybridized carbons (Fsp3) is 0.0526. The fourth-order valence-electron chi connectivity index (χ4n) is 2.34. The number of ether oxygens (including phenoxy) is 1. The molecule has 0 saturated heterocycles. The van der Waals surface area contributed by atoms with Gasteiger partial charge in [-0.15, -0.1) is 0 Å². The van der Waals surface area contributed by atoms with Gasteiger partial charge in [-0.3, -0.25) is 14.9 Å².